The zero-order valence-electron chi connectivity index (χ0n) is 13.2. The molecule has 3 N–H and O–H groups in total. The number of nitrogen functional groups attached to an aromatic ring is 1. The van der Waals surface area contributed by atoms with Gasteiger partial charge in [-0.3, -0.25) is 0 Å². The van der Waals surface area contributed by atoms with Crippen LogP contribution in [0.5, 0.6) is 0 Å². The van der Waals surface area contributed by atoms with Gasteiger partial charge in [0.15, 0.2) is 11.6 Å². The second kappa shape index (κ2) is 6.04. The summed E-state index contributed by atoms with van der Waals surface area (Å²) in [5.41, 5.74) is 7.69. The van der Waals surface area contributed by atoms with Crippen LogP contribution in [0.4, 0.5) is 17.5 Å². The molecule has 0 aliphatic rings. The van der Waals surface area contributed by atoms with Crippen LogP contribution in [-0.4, -0.2) is 28.1 Å². The lowest BCUT2D eigenvalue weighted by atomic mass is 10.1. The van der Waals surface area contributed by atoms with Gasteiger partial charge in [-0.05, 0) is 30.7 Å². The van der Waals surface area contributed by atoms with E-state index < -0.39 is 5.97 Å². The molecule has 0 fully saturated rings. The van der Waals surface area contributed by atoms with E-state index in [-0.39, 0.29) is 23.0 Å². The van der Waals surface area contributed by atoms with Gasteiger partial charge in [0.25, 0.3) is 0 Å². The number of rotatable bonds is 4. The maximum absolute atomic E-state index is 11.9. The van der Waals surface area contributed by atoms with Gasteiger partial charge >= 0.3 is 5.97 Å². The molecule has 0 atom stereocenters. The monoisotopic (exact) mass is 324 g/mol. The first-order valence-electron chi connectivity index (χ1n) is 7.23. The highest BCUT2D eigenvalue weighted by Crippen LogP contribution is 2.33. The second-order valence-corrected chi connectivity index (χ2v) is 5.26. The summed E-state index contributed by atoms with van der Waals surface area (Å²) in [4.78, 5) is 21.8. The van der Waals surface area contributed by atoms with E-state index in [0.29, 0.717) is 5.76 Å². The Hall–Kier alpha value is -3.35. The molecule has 3 aromatic rings. The van der Waals surface area contributed by atoms with E-state index in [2.05, 4.69) is 9.97 Å². The molecule has 0 amide bonds. The van der Waals surface area contributed by atoms with Gasteiger partial charge in [-0.2, -0.15) is 4.98 Å². The van der Waals surface area contributed by atoms with Crippen LogP contribution in [-0.2, 0) is 0 Å². The summed E-state index contributed by atoms with van der Waals surface area (Å²) >= 11 is 0. The van der Waals surface area contributed by atoms with Crippen LogP contribution in [0.3, 0.4) is 0 Å². The molecule has 7 nitrogen and oxygen atoms in total. The number of carbonyl (C=O) groups is 1. The average molecular weight is 324 g/mol. The van der Waals surface area contributed by atoms with Crippen molar-refractivity contribution < 1.29 is 14.3 Å². The summed E-state index contributed by atoms with van der Waals surface area (Å²) < 4.78 is 5.30. The number of carboxylic acid groups (broad SMARTS) is 1. The van der Waals surface area contributed by atoms with Crippen molar-refractivity contribution in [3.05, 3.63) is 53.8 Å². The van der Waals surface area contributed by atoms with Crippen molar-refractivity contribution in [1.29, 1.82) is 0 Å². The first-order chi connectivity index (χ1) is 11.5. The van der Waals surface area contributed by atoms with Crippen LogP contribution in [0, 0.1) is 6.92 Å². The number of anilines is 3. The van der Waals surface area contributed by atoms with Crippen LogP contribution in [0.15, 0.2) is 47.1 Å². The smallest absolute Gasteiger partial charge is 0.341 e. The Morgan fingerprint density at radius 1 is 1.21 bits per heavy atom. The number of benzene rings is 1. The van der Waals surface area contributed by atoms with Crippen LogP contribution in [0.25, 0.3) is 11.5 Å². The summed E-state index contributed by atoms with van der Waals surface area (Å²) in [6.45, 7) is 1.93. The Morgan fingerprint density at radius 3 is 2.58 bits per heavy atom. The molecule has 0 radical (unpaired) electrons. The highest BCUT2D eigenvalue weighted by atomic mass is 16.4. The number of aryl methyl sites for hydroxylation is 1. The highest BCUT2D eigenvalue weighted by Gasteiger charge is 2.25. The third kappa shape index (κ3) is 2.67. The van der Waals surface area contributed by atoms with Crippen LogP contribution in [0.1, 0.15) is 15.9 Å². The van der Waals surface area contributed by atoms with Gasteiger partial charge in [0.2, 0.25) is 5.95 Å². The topological polar surface area (TPSA) is 105 Å². The molecule has 0 aliphatic heterocycles. The molecule has 2 heterocycles. The van der Waals surface area contributed by atoms with Crippen molar-refractivity contribution in [2.24, 2.45) is 0 Å². The predicted octanol–water partition coefficient (Wildman–Crippen LogP) is 3.09. The second-order valence-electron chi connectivity index (χ2n) is 5.26. The molecular formula is C17H16N4O3. The van der Waals surface area contributed by atoms with E-state index >= 15 is 0 Å². The standard InChI is InChI=1S/C17H16N4O3/c1-10-6-3-4-7-11(10)21(2)15-13(16(22)23)14(19-17(18)20-15)12-8-5-9-24-12/h3-9H,1-2H3,(H,22,23)(H2,18,19,20). The fourth-order valence-electron chi connectivity index (χ4n) is 2.55. The molecule has 0 aliphatic carbocycles. The molecule has 24 heavy (non-hydrogen) atoms. The predicted molar refractivity (Wildman–Crippen MR) is 90.3 cm³/mol. The van der Waals surface area contributed by atoms with Crippen molar-refractivity contribution in [2.45, 2.75) is 6.92 Å². The van der Waals surface area contributed by atoms with E-state index in [0.717, 1.165) is 11.3 Å². The lowest BCUT2D eigenvalue weighted by molar-refractivity contribution is 0.0697. The summed E-state index contributed by atoms with van der Waals surface area (Å²) in [5, 5.41) is 9.71. The van der Waals surface area contributed by atoms with Crippen molar-refractivity contribution >= 4 is 23.4 Å². The third-order valence-electron chi connectivity index (χ3n) is 3.67. The Bertz CT molecular complexity index is 891. The van der Waals surface area contributed by atoms with Gasteiger partial charge in [-0.15, -0.1) is 0 Å². The normalized spacial score (nSPS) is 10.6. The van der Waals surface area contributed by atoms with E-state index in [1.54, 1.807) is 24.1 Å². The Labute approximate surface area is 138 Å². The molecule has 0 unspecified atom stereocenters. The lowest BCUT2D eigenvalue weighted by Crippen LogP contribution is -2.19. The fourth-order valence-corrected chi connectivity index (χ4v) is 2.55. The van der Waals surface area contributed by atoms with Gasteiger partial charge in [-0.25, -0.2) is 9.78 Å². The molecule has 7 heteroatoms. The Balaban J connectivity index is 2.24. The highest BCUT2D eigenvalue weighted by molar-refractivity contribution is 6.00. The molecular weight excluding hydrogens is 308 g/mol. The number of aromatic nitrogens is 2. The van der Waals surface area contributed by atoms with E-state index in [1.165, 1.54) is 6.26 Å². The van der Waals surface area contributed by atoms with E-state index in [4.69, 9.17) is 10.2 Å². The first kappa shape index (κ1) is 15.5. The molecule has 3 rings (SSSR count). The number of hydrogen-bond acceptors (Lipinski definition) is 6. The van der Waals surface area contributed by atoms with Gasteiger partial charge in [0.05, 0.1) is 6.26 Å². The van der Waals surface area contributed by atoms with E-state index in [1.807, 2.05) is 31.2 Å². The molecule has 0 saturated carbocycles. The number of nitrogens with two attached hydrogens (primary N) is 1. The van der Waals surface area contributed by atoms with Crippen LogP contribution < -0.4 is 10.6 Å². The Morgan fingerprint density at radius 2 is 1.96 bits per heavy atom. The summed E-state index contributed by atoms with van der Waals surface area (Å²) in [6, 6.07) is 10.9. The van der Waals surface area contributed by atoms with Crippen molar-refractivity contribution in [1.82, 2.24) is 9.97 Å². The zero-order valence-corrected chi connectivity index (χ0v) is 13.2. The van der Waals surface area contributed by atoms with Crippen molar-refractivity contribution in [2.75, 3.05) is 17.7 Å². The minimum atomic E-state index is -1.16. The number of carboxylic acids is 1. The summed E-state index contributed by atoms with van der Waals surface area (Å²) in [7, 11) is 1.74. The first-order valence-corrected chi connectivity index (χ1v) is 7.23. The average Bonchev–Trinajstić information content (AvgIpc) is 3.08. The number of hydrogen-bond donors (Lipinski definition) is 2. The summed E-state index contributed by atoms with van der Waals surface area (Å²) in [6.07, 6.45) is 1.45. The molecule has 0 saturated heterocycles. The summed E-state index contributed by atoms with van der Waals surface area (Å²) in [5.74, 6) is -0.657. The maximum atomic E-state index is 11.9. The fraction of sp³-hybridized carbons (Fsp3) is 0.118. The third-order valence-corrected chi connectivity index (χ3v) is 3.67. The molecule has 2 aromatic heterocycles. The molecule has 0 spiro atoms. The van der Waals surface area contributed by atoms with Crippen LogP contribution in [0.2, 0.25) is 0 Å². The van der Waals surface area contributed by atoms with Crippen molar-refractivity contribution in [3.8, 4) is 11.5 Å². The Kier molecular flexibility index (Phi) is 3.91. The van der Waals surface area contributed by atoms with Gasteiger partial charge in [0.1, 0.15) is 11.3 Å². The molecule has 1 aromatic carbocycles. The minimum Gasteiger partial charge on any atom is -0.477 e. The van der Waals surface area contributed by atoms with Crippen molar-refractivity contribution in [3.63, 3.8) is 0 Å². The number of nitrogens with zero attached hydrogens (tertiary/aromatic N) is 3. The minimum absolute atomic E-state index is 0.0261. The molecule has 122 valence electrons. The van der Waals surface area contributed by atoms with Gasteiger partial charge < -0.3 is 20.2 Å². The SMILES string of the molecule is Cc1ccccc1N(C)c1nc(N)nc(-c2ccco2)c1C(=O)O. The largest absolute Gasteiger partial charge is 0.477 e. The number of aromatic carboxylic acids is 1. The quantitative estimate of drug-likeness (QED) is 0.759. The number of para-hydroxylation sites is 1. The lowest BCUT2D eigenvalue weighted by Gasteiger charge is -2.23. The van der Waals surface area contributed by atoms with Gasteiger partial charge in [-0.1, -0.05) is 18.2 Å². The molecule has 0 bridgehead atoms. The number of furan rings is 1. The van der Waals surface area contributed by atoms with E-state index in [9.17, 15) is 9.90 Å². The van der Waals surface area contributed by atoms with Crippen LogP contribution >= 0.6 is 0 Å². The zero-order chi connectivity index (χ0) is 17.3. The van der Waals surface area contributed by atoms with Gasteiger partial charge in [0, 0.05) is 12.7 Å². The maximum Gasteiger partial charge on any atom is 0.341 e.